The summed E-state index contributed by atoms with van der Waals surface area (Å²) in [5.74, 6) is -1.13. The van der Waals surface area contributed by atoms with Crippen molar-refractivity contribution >= 4 is 23.7 Å². The first-order valence-corrected chi connectivity index (χ1v) is 9.78. The molecule has 1 aromatic heterocycles. The Morgan fingerprint density at radius 2 is 1.93 bits per heavy atom. The van der Waals surface area contributed by atoms with E-state index < -0.39 is 23.6 Å². The number of ether oxygens (including phenoxy) is 2. The van der Waals surface area contributed by atoms with Gasteiger partial charge in [0.05, 0.1) is 13.0 Å². The zero-order valence-electron chi connectivity index (χ0n) is 17.2. The van der Waals surface area contributed by atoms with Crippen molar-refractivity contribution in [2.75, 3.05) is 20.2 Å². The fourth-order valence-corrected chi connectivity index (χ4v) is 2.98. The van der Waals surface area contributed by atoms with Gasteiger partial charge in [0, 0.05) is 36.4 Å². The van der Waals surface area contributed by atoms with Crippen LogP contribution in [0.4, 0.5) is 4.79 Å². The third-order valence-electron chi connectivity index (χ3n) is 4.16. The number of hydrogen-bond donors (Lipinski definition) is 0. The molecule has 2 rings (SSSR count). The van der Waals surface area contributed by atoms with E-state index in [0.29, 0.717) is 23.6 Å². The van der Waals surface area contributed by atoms with Gasteiger partial charge in [0.25, 0.3) is 0 Å². The molecule has 0 spiro atoms. The van der Waals surface area contributed by atoms with Crippen molar-refractivity contribution in [2.24, 2.45) is 0 Å². The Kier molecular flexibility index (Phi) is 8.02. The summed E-state index contributed by atoms with van der Waals surface area (Å²) in [6, 6.07) is 12.6. The number of benzene rings is 1. The number of esters is 1. The van der Waals surface area contributed by atoms with Gasteiger partial charge in [0.1, 0.15) is 5.60 Å². The molecule has 0 aliphatic rings. The largest absolute Gasteiger partial charge is 0.468 e. The summed E-state index contributed by atoms with van der Waals surface area (Å²) in [7, 11) is 1.32. The Morgan fingerprint density at radius 1 is 1.17 bits per heavy atom. The van der Waals surface area contributed by atoms with Crippen molar-refractivity contribution in [3.8, 4) is 0 Å². The van der Waals surface area contributed by atoms with Crippen molar-refractivity contribution in [3.05, 3.63) is 64.9 Å². The van der Waals surface area contributed by atoms with Gasteiger partial charge < -0.3 is 14.4 Å². The van der Waals surface area contributed by atoms with Crippen molar-refractivity contribution in [3.63, 3.8) is 0 Å². The number of hydrogen-bond acceptors (Lipinski definition) is 5. The Bertz CT molecular complexity index is 821. The number of rotatable bonds is 7. The minimum atomic E-state index is -0.685. The van der Waals surface area contributed by atoms with Crippen LogP contribution in [0.25, 0.3) is 0 Å². The standard InChI is InChI=1S/C22H27ClN2O4/c1-22(2,3)29-21(27)25(13-11-18-10-5-6-12-24-18)15-19(20(26)28-4)16-8-7-9-17(23)14-16/h5-10,12,14,19H,11,13,15H2,1-4H3/t19-/m1/s1. The second kappa shape index (κ2) is 10.3. The maximum atomic E-state index is 12.8. The second-order valence-electron chi connectivity index (χ2n) is 7.63. The first kappa shape index (κ1) is 22.7. The monoisotopic (exact) mass is 418 g/mol. The Morgan fingerprint density at radius 3 is 2.52 bits per heavy atom. The number of aromatic nitrogens is 1. The summed E-state index contributed by atoms with van der Waals surface area (Å²) in [5.41, 5.74) is 0.867. The predicted molar refractivity (Wildman–Crippen MR) is 112 cm³/mol. The molecule has 0 N–H and O–H groups in total. The van der Waals surface area contributed by atoms with Gasteiger partial charge in [0.15, 0.2) is 0 Å². The van der Waals surface area contributed by atoms with E-state index >= 15 is 0 Å². The molecule has 6 nitrogen and oxygen atoms in total. The van der Waals surface area contributed by atoms with Gasteiger partial charge in [-0.05, 0) is 50.6 Å². The molecule has 2 aromatic rings. The average molecular weight is 419 g/mol. The first-order valence-electron chi connectivity index (χ1n) is 9.40. The van der Waals surface area contributed by atoms with E-state index in [0.717, 1.165) is 5.69 Å². The van der Waals surface area contributed by atoms with E-state index in [4.69, 9.17) is 21.1 Å². The number of pyridine rings is 1. The van der Waals surface area contributed by atoms with E-state index in [1.165, 1.54) is 12.0 Å². The molecule has 0 aliphatic carbocycles. The predicted octanol–water partition coefficient (Wildman–Crippen LogP) is 4.47. The number of halogens is 1. The van der Waals surface area contributed by atoms with Crippen LogP contribution in [0.3, 0.4) is 0 Å². The fraction of sp³-hybridized carbons (Fsp3) is 0.409. The summed E-state index contributed by atoms with van der Waals surface area (Å²) in [4.78, 5) is 31.1. The lowest BCUT2D eigenvalue weighted by molar-refractivity contribution is -0.142. The molecule has 29 heavy (non-hydrogen) atoms. The minimum Gasteiger partial charge on any atom is -0.468 e. The highest BCUT2D eigenvalue weighted by atomic mass is 35.5. The van der Waals surface area contributed by atoms with Gasteiger partial charge >= 0.3 is 12.1 Å². The first-order chi connectivity index (χ1) is 13.7. The molecule has 0 aliphatic heterocycles. The van der Waals surface area contributed by atoms with Gasteiger partial charge in [0.2, 0.25) is 0 Å². The number of carbonyl (C=O) groups is 2. The van der Waals surface area contributed by atoms with E-state index in [1.54, 1.807) is 51.2 Å². The fourth-order valence-electron chi connectivity index (χ4n) is 2.78. The molecule has 0 saturated carbocycles. The van der Waals surface area contributed by atoms with Crippen LogP contribution in [0.5, 0.6) is 0 Å². The van der Waals surface area contributed by atoms with Gasteiger partial charge in [-0.3, -0.25) is 9.78 Å². The Balaban J connectivity index is 2.26. The third-order valence-corrected chi connectivity index (χ3v) is 4.39. The zero-order chi connectivity index (χ0) is 21.4. The molecular formula is C22H27ClN2O4. The summed E-state index contributed by atoms with van der Waals surface area (Å²) in [5, 5.41) is 0.508. The van der Waals surface area contributed by atoms with Gasteiger partial charge in [-0.1, -0.05) is 29.8 Å². The molecule has 0 radical (unpaired) electrons. The second-order valence-corrected chi connectivity index (χ2v) is 8.06. The SMILES string of the molecule is COC(=O)[C@H](CN(CCc1ccccn1)C(=O)OC(C)(C)C)c1cccc(Cl)c1. The van der Waals surface area contributed by atoms with Crippen LogP contribution in [0.1, 0.15) is 37.9 Å². The van der Waals surface area contributed by atoms with Gasteiger partial charge in [-0.15, -0.1) is 0 Å². The smallest absolute Gasteiger partial charge is 0.410 e. The summed E-state index contributed by atoms with van der Waals surface area (Å²) >= 11 is 6.10. The van der Waals surface area contributed by atoms with Crippen LogP contribution < -0.4 is 0 Å². The highest BCUT2D eigenvalue weighted by Gasteiger charge is 2.29. The molecule has 0 fully saturated rings. The minimum absolute atomic E-state index is 0.106. The summed E-state index contributed by atoms with van der Waals surface area (Å²) < 4.78 is 10.5. The Hall–Kier alpha value is -2.60. The van der Waals surface area contributed by atoms with Gasteiger partial charge in [-0.25, -0.2) is 4.79 Å². The highest BCUT2D eigenvalue weighted by molar-refractivity contribution is 6.30. The highest BCUT2D eigenvalue weighted by Crippen LogP contribution is 2.23. The molecule has 1 amide bonds. The molecular weight excluding hydrogens is 392 g/mol. The number of amides is 1. The zero-order valence-corrected chi connectivity index (χ0v) is 18.0. The third kappa shape index (κ3) is 7.38. The van der Waals surface area contributed by atoms with Crippen LogP contribution in [0, 0.1) is 0 Å². The molecule has 0 saturated heterocycles. The van der Waals surface area contributed by atoms with E-state index in [1.807, 2.05) is 18.2 Å². The average Bonchev–Trinajstić information content (AvgIpc) is 2.67. The van der Waals surface area contributed by atoms with E-state index in [2.05, 4.69) is 4.98 Å². The van der Waals surface area contributed by atoms with Crippen LogP contribution in [-0.2, 0) is 20.7 Å². The topological polar surface area (TPSA) is 68.7 Å². The van der Waals surface area contributed by atoms with Crippen LogP contribution in [0.15, 0.2) is 48.7 Å². The summed E-state index contributed by atoms with van der Waals surface area (Å²) in [6.07, 6.45) is 1.74. The van der Waals surface area contributed by atoms with Crippen molar-refractivity contribution in [1.29, 1.82) is 0 Å². The van der Waals surface area contributed by atoms with Gasteiger partial charge in [-0.2, -0.15) is 0 Å². The van der Waals surface area contributed by atoms with Crippen LogP contribution in [0.2, 0.25) is 5.02 Å². The lowest BCUT2D eigenvalue weighted by atomic mass is 9.98. The van der Waals surface area contributed by atoms with Crippen molar-refractivity contribution in [2.45, 2.75) is 38.7 Å². The molecule has 156 valence electrons. The van der Waals surface area contributed by atoms with Crippen LogP contribution >= 0.6 is 11.6 Å². The maximum Gasteiger partial charge on any atom is 0.410 e. The molecule has 1 aromatic carbocycles. The molecule has 0 unspecified atom stereocenters. The summed E-state index contributed by atoms with van der Waals surface area (Å²) in [6.45, 7) is 5.86. The molecule has 1 atom stereocenters. The number of nitrogens with zero attached hydrogens (tertiary/aromatic N) is 2. The number of methoxy groups -OCH3 is 1. The number of carbonyl (C=O) groups excluding carboxylic acids is 2. The lowest BCUT2D eigenvalue weighted by Crippen LogP contribution is -2.41. The lowest BCUT2D eigenvalue weighted by Gasteiger charge is -2.29. The molecule has 0 bridgehead atoms. The van der Waals surface area contributed by atoms with E-state index in [9.17, 15) is 9.59 Å². The van der Waals surface area contributed by atoms with Crippen molar-refractivity contribution in [1.82, 2.24) is 9.88 Å². The van der Waals surface area contributed by atoms with Crippen LogP contribution in [-0.4, -0.2) is 47.7 Å². The van der Waals surface area contributed by atoms with Crippen molar-refractivity contribution < 1.29 is 19.1 Å². The maximum absolute atomic E-state index is 12.8. The Labute approximate surface area is 176 Å². The molecule has 1 heterocycles. The van der Waals surface area contributed by atoms with E-state index in [-0.39, 0.29) is 6.54 Å². The quantitative estimate of drug-likeness (QED) is 0.620. The molecule has 7 heteroatoms. The normalized spacial score (nSPS) is 12.2.